The molecule has 0 saturated heterocycles. The van der Waals surface area contributed by atoms with E-state index in [0.29, 0.717) is 0 Å². The first-order chi connectivity index (χ1) is 7.99. The second-order valence-corrected chi connectivity index (χ2v) is 3.48. The molecule has 1 heterocycles. The van der Waals surface area contributed by atoms with Crippen LogP contribution in [0.3, 0.4) is 0 Å². The number of hydrogen-bond acceptors (Lipinski definition) is 7. The Morgan fingerprint density at radius 1 is 1.24 bits per heavy atom. The molecule has 1 aromatic heterocycles. The van der Waals surface area contributed by atoms with Crippen molar-refractivity contribution in [2.75, 3.05) is 6.61 Å². The molecule has 1 rings (SSSR count). The zero-order chi connectivity index (χ0) is 13.0. The average molecular weight is 246 g/mol. The summed E-state index contributed by atoms with van der Waals surface area (Å²) in [7, 11) is 0. The van der Waals surface area contributed by atoms with Crippen LogP contribution in [0.25, 0.3) is 0 Å². The molecule has 1 aromatic rings. The Bertz CT molecular complexity index is 354. The Labute approximate surface area is 96.4 Å². The monoisotopic (exact) mass is 246 g/mol. The minimum absolute atomic E-state index is 0.801. The highest BCUT2D eigenvalue weighted by Gasteiger charge is 2.34. The fraction of sp³-hybridized carbons (Fsp3) is 0.556. The van der Waals surface area contributed by atoms with Gasteiger partial charge in [0.15, 0.2) is 6.10 Å². The molecule has 96 valence electrons. The van der Waals surface area contributed by atoms with Crippen molar-refractivity contribution in [3.8, 4) is 0 Å². The molecule has 0 aliphatic heterocycles. The molecule has 0 aliphatic rings. The summed E-state index contributed by atoms with van der Waals surface area (Å²) < 4.78 is 0.923. The fourth-order valence-corrected chi connectivity index (χ4v) is 1.21. The predicted octanol–water partition coefficient (Wildman–Crippen LogP) is -3.04. The molecule has 5 N–H and O–H groups in total. The quantitative estimate of drug-likeness (QED) is 0.372. The summed E-state index contributed by atoms with van der Waals surface area (Å²) in [4.78, 5) is 15.1. The standard InChI is InChI=1S/C9H14N2O6/c12-3-5(13)6(14)7(15)8(16)9(17)11-2-1-10-4-11/h1-2,4-8,12-16H,3H2/t5-,6-,7+,8-/m1/s1. The second kappa shape index (κ2) is 5.84. The minimum Gasteiger partial charge on any atom is -0.394 e. The number of aromatic nitrogens is 2. The molecule has 0 unspecified atom stereocenters. The van der Waals surface area contributed by atoms with E-state index in [9.17, 15) is 20.1 Å². The topological polar surface area (TPSA) is 136 Å². The van der Waals surface area contributed by atoms with Crippen LogP contribution in [-0.4, -0.2) is 72.0 Å². The van der Waals surface area contributed by atoms with E-state index in [1.165, 1.54) is 12.4 Å². The zero-order valence-electron chi connectivity index (χ0n) is 8.79. The van der Waals surface area contributed by atoms with Crippen LogP contribution in [-0.2, 0) is 0 Å². The van der Waals surface area contributed by atoms with E-state index >= 15 is 0 Å². The van der Waals surface area contributed by atoms with E-state index in [1.54, 1.807) is 0 Å². The molecule has 0 spiro atoms. The van der Waals surface area contributed by atoms with Crippen LogP contribution in [0, 0.1) is 0 Å². The molecule has 0 amide bonds. The van der Waals surface area contributed by atoms with Gasteiger partial charge in [-0.05, 0) is 0 Å². The number of hydrogen-bond donors (Lipinski definition) is 5. The van der Waals surface area contributed by atoms with E-state index in [-0.39, 0.29) is 0 Å². The molecule has 0 bridgehead atoms. The van der Waals surface area contributed by atoms with E-state index in [2.05, 4.69) is 4.98 Å². The van der Waals surface area contributed by atoms with Crippen molar-refractivity contribution in [2.45, 2.75) is 24.4 Å². The summed E-state index contributed by atoms with van der Waals surface area (Å²) in [5.74, 6) is -0.904. The summed E-state index contributed by atoms with van der Waals surface area (Å²) in [5, 5.41) is 45.8. The fourth-order valence-electron chi connectivity index (χ4n) is 1.21. The predicted molar refractivity (Wildman–Crippen MR) is 54.0 cm³/mol. The van der Waals surface area contributed by atoms with Gasteiger partial charge in [0.1, 0.15) is 24.6 Å². The van der Waals surface area contributed by atoms with E-state index in [4.69, 9.17) is 10.2 Å². The number of carbonyl (C=O) groups is 1. The first kappa shape index (κ1) is 13.7. The van der Waals surface area contributed by atoms with E-state index < -0.39 is 36.9 Å². The third-order valence-electron chi connectivity index (χ3n) is 2.27. The van der Waals surface area contributed by atoms with Gasteiger partial charge in [-0.2, -0.15) is 0 Å². The van der Waals surface area contributed by atoms with Crippen LogP contribution < -0.4 is 0 Å². The molecule has 0 aromatic carbocycles. The van der Waals surface area contributed by atoms with Crippen molar-refractivity contribution >= 4 is 5.91 Å². The van der Waals surface area contributed by atoms with Gasteiger partial charge in [-0.15, -0.1) is 0 Å². The summed E-state index contributed by atoms with van der Waals surface area (Å²) >= 11 is 0. The number of aliphatic hydroxyl groups excluding tert-OH is 5. The maximum Gasteiger partial charge on any atom is 0.263 e. The van der Waals surface area contributed by atoms with Crippen LogP contribution in [0.5, 0.6) is 0 Å². The lowest BCUT2D eigenvalue weighted by molar-refractivity contribution is -0.107. The van der Waals surface area contributed by atoms with Crippen LogP contribution in [0.2, 0.25) is 0 Å². The Morgan fingerprint density at radius 3 is 2.35 bits per heavy atom. The van der Waals surface area contributed by atoms with Crippen molar-refractivity contribution in [2.24, 2.45) is 0 Å². The first-order valence-electron chi connectivity index (χ1n) is 4.84. The van der Waals surface area contributed by atoms with Crippen LogP contribution >= 0.6 is 0 Å². The first-order valence-corrected chi connectivity index (χ1v) is 4.84. The normalized spacial score (nSPS) is 18.4. The van der Waals surface area contributed by atoms with Crippen LogP contribution in [0.4, 0.5) is 0 Å². The Kier molecular flexibility index (Phi) is 4.73. The van der Waals surface area contributed by atoms with E-state index in [1.807, 2.05) is 0 Å². The van der Waals surface area contributed by atoms with Gasteiger partial charge in [-0.1, -0.05) is 0 Å². The van der Waals surface area contributed by atoms with Crippen molar-refractivity contribution < 1.29 is 30.3 Å². The number of carbonyl (C=O) groups excluding carboxylic acids is 1. The van der Waals surface area contributed by atoms with Crippen molar-refractivity contribution in [3.63, 3.8) is 0 Å². The summed E-state index contributed by atoms with van der Waals surface area (Å²) in [6.07, 6.45) is -3.64. The molecule has 0 aliphatic carbocycles. The van der Waals surface area contributed by atoms with Gasteiger partial charge in [-0.25, -0.2) is 4.98 Å². The highest BCUT2D eigenvalue weighted by molar-refractivity contribution is 5.83. The Balaban J connectivity index is 2.69. The van der Waals surface area contributed by atoms with Crippen LogP contribution in [0.1, 0.15) is 4.79 Å². The van der Waals surface area contributed by atoms with Crippen LogP contribution in [0.15, 0.2) is 18.7 Å². The highest BCUT2D eigenvalue weighted by atomic mass is 16.4. The largest absolute Gasteiger partial charge is 0.394 e. The summed E-state index contributed by atoms with van der Waals surface area (Å²) in [5.41, 5.74) is 0. The molecule has 0 radical (unpaired) electrons. The van der Waals surface area contributed by atoms with Gasteiger partial charge in [0.25, 0.3) is 5.91 Å². The van der Waals surface area contributed by atoms with Crippen molar-refractivity contribution in [3.05, 3.63) is 18.7 Å². The lowest BCUT2D eigenvalue weighted by Crippen LogP contribution is -2.49. The Morgan fingerprint density at radius 2 is 1.88 bits per heavy atom. The third kappa shape index (κ3) is 3.08. The number of aliphatic hydroxyl groups is 5. The smallest absolute Gasteiger partial charge is 0.263 e. The highest BCUT2D eigenvalue weighted by Crippen LogP contribution is 2.07. The molecule has 4 atom stereocenters. The second-order valence-electron chi connectivity index (χ2n) is 3.48. The van der Waals surface area contributed by atoms with Crippen molar-refractivity contribution in [1.29, 1.82) is 0 Å². The Hall–Kier alpha value is -1.32. The summed E-state index contributed by atoms with van der Waals surface area (Å²) in [6.45, 7) is -0.801. The lowest BCUT2D eigenvalue weighted by Gasteiger charge is -2.24. The third-order valence-corrected chi connectivity index (χ3v) is 2.27. The molecular formula is C9H14N2O6. The average Bonchev–Trinajstić information content (AvgIpc) is 2.87. The molecule has 8 nitrogen and oxygen atoms in total. The van der Waals surface area contributed by atoms with Crippen molar-refractivity contribution in [1.82, 2.24) is 9.55 Å². The van der Waals surface area contributed by atoms with E-state index in [0.717, 1.165) is 10.9 Å². The molecule has 17 heavy (non-hydrogen) atoms. The minimum atomic E-state index is -1.93. The molecular weight excluding hydrogens is 232 g/mol. The van der Waals surface area contributed by atoms with Gasteiger partial charge in [0.05, 0.1) is 6.61 Å². The maximum absolute atomic E-state index is 11.5. The molecule has 0 fully saturated rings. The lowest BCUT2D eigenvalue weighted by atomic mass is 10.0. The number of rotatable bonds is 5. The van der Waals surface area contributed by atoms with Gasteiger partial charge >= 0.3 is 0 Å². The van der Waals surface area contributed by atoms with Gasteiger partial charge in [0.2, 0.25) is 0 Å². The van der Waals surface area contributed by atoms with Gasteiger partial charge in [-0.3, -0.25) is 9.36 Å². The van der Waals surface area contributed by atoms with Gasteiger partial charge < -0.3 is 25.5 Å². The summed E-state index contributed by atoms with van der Waals surface area (Å²) in [6, 6.07) is 0. The number of imidazole rings is 1. The zero-order valence-corrected chi connectivity index (χ0v) is 8.79. The SMILES string of the molecule is O=C([C@H](O)[C@@H](O)[C@H](O)[C@H](O)CO)n1ccnc1. The molecule has 8 heteroatoms. The molecule has 0 saturated carbocycles. The van der Waals surface area contributed by atoms with Gasteiger partial charge in [0, 0.05) is 12.4 Å². The number of nitrogens with zero attached hydrogens (tertiary/aromatic N) is 2. The maximum atomic E-state index is 11.5.